The summed E-state index contributed by atoms with van der Waals surface area (Å²) in [5.74, 6) is 0.662. The van der Waals surface area contributed by atoms with E-state index in [2.05, 4.69) is 9.88 Å². The van der Waals surface area contributed by atoms with Gasteiger partial charge in [0.15, 0.2) is 0 Å². The Morgan fingerprint density at radius 1 is 1.13 bits per heavy atom. The molecule has 164 valence electrons. The molecule has 1 aliphatic heterocycles. The Morgan fingerprint density at radius 3 is 2.52 bits per heavy atom. The van der Waals surface area contributed by atoms with Crippen LogP contribution < -0.4 is 9.47 Å². The summed E-state index contributed by atoms with van der Waals surface area (Å²) < 4.78 is 11.1. The van der Waals surface area contributed by atoms with Gasteiger partial charge in [-0.3, -0.25) is 14.6 Å². The molecule has 0 amide bonds. The number of benzene rings is 2. The van der Waals surface area contributed by atoms with Crippen molar-refractivity contribution in [3.63, 3.8) is 0 Å². The topological polar surface area (TPSA) is 78.0 Å². The number of nitrogens with one attached hydrogen (secondary N) is 1. The van der Waals surface area contributed by atoms with Crippen LogP contribution in [0.4, 0.5) is 0 Å². The number of halogens is 1. The summed E-state index contributed by atoms with van der Waals surface area (Å²) in [5, 5.41) is 11.6. The predicted molar refractivity (Wildman–Crippen MR) is 120 cm³/mol. The molecule has 2 heterocycles. The molecule has 2 N–H and O–H groups in total. The number of fused-ring (bicyclic) bond motifs is 1. The quantitative estimate of drug-likeness (QED) is 0.553. The van der Waals surface area contributed by atoms with Gasteiger partial charge in [0.2, 0.25) is 0 Å². The Labute approximate surface area is 186 Å². The molecule has 8 heteroatoms. The molecule has 31 heavy (non-hydrogen) atoms. The summed E-state index contributed by atoms with van der Waals surface area (Å²) >= 11 is 5.89. The van der Waals surface area contributed by atoms with E-state index in [0.29, 0.717) is 30.5 Å². The standard InChI is InChI=1S/C23H26ClN3O4/c1-30-18-6-7-21-19(14-18)20(15-25-21)22(23(28)29)27-10-8-26(9-11-27)12-13-31-17-4-2-16(24)3-5-17/h2-7,14-15,22,25H,8-13H2,1H3,(H,28,29)/t22-/m0/s1. The molecule has 1 aliphatic rings. The number of H-pyrrole nitrogens is 1. The summed E-state index contributed by atoms with van der Waals surface area (Å²) in [6.07, 6.45) is 1.80. The number of piperazine rings is 1. The molecule has 7 nitrogen and oxygen atoms in total. The summed E-state index contributed by atoms with van der Waals surface area (Å²) in [7, 11) is 1.61. The van der Waals surface area contributed by atoms with Crippen LogP contribution in [0, 0.1) is 0 Å². The van der Waals surface area contributed by atoms with Gasteiger partial charge in [0.25, 0.3) is 0 Å². The lowest BCUT2D eigenvalue weighted by Gasteiger charge is -2.37. The third-order valence-electron chi connectivity index (χ3n) is 5.71. The fraction of sp³-hybridized carbons (Fsp3) is 0.348. The van der Waals surface area contributed by atoms with Gasteiger partial charge in [0.05, 0.1) is 7.11 Å². The summed E-state index contributed by atoms with van der Waals surface area (Å²) in [4.78, 5) is 19.7. The van der Waals surface area contributed by atoms with E-state index in [1.165, 1.54) is 0 Å². The first-order chi connectivity index (χ1) is 15.0. The number of ether oxygens (including phenoxy) is 2. The van der Waals surface area contributed by atoms with Crippen LogP contribution in [-0.2, 0) is 4.79 Å². The van der Waals surface area contributed by atoms with Crippen LogP contribution in [-0.4, -0.2) is 72.3 Å². The van der Waals surface area contributed by atoms with Crippen LogP contribution in [0.5, 0.6) is 11.5 Å². The number of methoxy groups -OCH3 is 1. The minimum atomic E-state index is -0.844. The first kappa shape index (κ1) is 21.5. The van der Waals surface area contributed by atoms with Gasteiger partial charge < -0.3 is 19.6 Å². The first-order valence-corrected chi connectivity index (χ1v) is 10.7. The van der Waals surface area contributed by atoms with Gasteiger partial charge in [-0.2, -0.15) is 0 Å². The normalized spacial score (nSPS) is 16.3. The van der Waals surface area contributed by atoms with Crippen molar-refractivity contribution in [2.24, 2.45) is 0 Å². The number of carboxylic acids is 1. The van der Waals surface area contributed by atoms with E-state index < -0.39 is 12.0 Å². The monoisotopic (exact) mass is 443 g/mol. The van der Waals surface area contributed by atoms with Crippen molar-refractivity contribution in [3.8, 4) is 11.5 Å². The molecule has 0 bridgehead atoms. The van der Waals surface area contributed by atoms with Crippen LogP contribution in [0.2, 0.25) is 5.02 Å². The van der Waals surface area contributed by atoms with Gasteiger partial charge in [-0.25, -0.2) is 0 Å². The molecule has 3 aromatic rings. The molecule has 0 radical (unpaired) electrons. The lowest BCUT2D eigenvalue weighted by Crippen LogP contribution is -2.50. The molecule has 4 rings (SSSR count). The minimum absolute atomic E-state index is 0.576. The Hall–Kier alpha value is -2.74. The largest absolute Gasteiger partial charge is 0.497 e. The van der Waals surface area contributed by atoms with E-state index in [9.17, 15) is 9.90 Å². The molecule has 0 saturated carbocycles. The summed E-state index contributed by atoms with van der Waals surface area (Å²) in [6.45, 7) is 4.30. The van der Waals surface area contributed by atoms with Gasteiger partial charge in [-0.1, -0.05) is 11.6 Å². The number of carboxylic acid groups (broad SMARTS) is 1. The smallest absolute Gasteiger partial charge is 0.325 e. The molecule has 0 spiro atoms. The van der Waals surface area contributed by atoms with Crippen molar-refractivity contribution in [3.05, 3.63) is 59.2 Å². The zero-order chi connectivity index (χ0) is 21.8. The first-order valence-electron chi connectivity index (χ1n) is 10.3. The molecule has 1 aromatic heterocycles. The molecule has 1 atom stereocenters. The van der Waals surface area contributed by atoms with Crippen LogP contribution in [0.1, 0.15) is 11.6 Å². The zero-order valence-electron chi connectivity index (χ0n) is 17.4. The lowest BCUT2D eigenvalue weighted by molar-refractivity contribution is -0.144. The third kappa shape index (κ3) is 4.95. The Balaban J connectivity index is 1.37. The van der Waals surface area contributed by atoms with Crippen molar-refractivity contribution >= 4 is 28.5 Å². The number of aromatic amines is 1. The highest BCUT2D eigenvalue weighted by Crippen LogP contribution is 2.31. The third-order valence-corrected chi connectivity index (χ3v) is 5.96. The Bertz CT molecular complexity index is 1030. The molecule has 2 aromatic carbocycles. The van der Waals surface area contributed by atoms with E-state index >= 15 is 0 Å². The van der Waals surface area contributed by atoms with Crippen LogP contribution >= 0.6 is 11.6 Å². The average molecular weight is 444 g/mol. The van der Waals surface area contributed by atoms with Crippen molar-refractivity contribution in [2.75, 3.05) is 46.4 Å². The van der Waals surface area contributed by atoms with Gasteiger partial charge >= 0.3 is 5.97 Å². The predicted octanol–water partition coefficient (Wildman–Crippen LogP) is 3.65. The molecular formula is C23H26ClN3O4. The fourth-order valence-corrected chi connectivity index (χ4v) is 4.15. The molecule has 1 fully saturated rings. The second-order valence-corrected chi connectivity index (χ2v) is 8.01. The second kappa shape index (κ2) is 9.60. The van der Waals surface area contributed by atoms with E-state index in [1.54, 1.807) is 13.3 Å². The average Bonchev–Trinajstić information content (AvgIpc) is 3.19. The van der Waals surface area contributed by atoms with Crippen molar-refractivity contribution < 1.29 is 19.4 Å². The van der Waals surface area contributed by atoms with Crippen molar-refractivity contribution in [1.29, 1.82) is 0 Å². The van der Waals surface area contributed by atoms with Crippen LogP contribution in [0.15, 0.2) is 48.7 Å². The number of hydrogen-bond acceptors (Lipinski definition) is 5. The number of carbonyl (C=O) groups is 1. The number of aliphatic carboxylic acids is 1. The van der Waals surface area contributed by atoms with E-state index in [1.807, 2.05) is 47.4 Å². The van der Waals surface area contributed by atoms with Crippen molar-refractivity contribution in [2.45, 2.75) is 6.04 Å². The van der Waals surface area contributed by atoms with Crippen molar-refractivity contribution in [1.82, 2.24) is 14.8 Å². The molecule has 0 unspecified atom stereocenters. The maximum absolute atomic E-state index is 12.2. The maximum Gasteiger partial charge on any atom is 0.325 e. The van der Waals surface area contributed by atoms with Gasteiger partial charge in [0, 0.05) is 60.4 Å². The van der Waals surface area contributed by atoms with Gasteiger partial charge in [0.1, 0.15) is 24.1 Å². The number of hydrogen-bond donors (Lipinski definition) is 2. The molecule has 1 saturated heterocycles. The SMILES string of the molecule is COc1ccc2[nH]cc([C@@H](C(=O)O)N3CCN(CCOc4ccc(Cl)cc4)CC3)c2c1. The van der Waals surface area contributed by atoms with Gasteiger partial charge in [-0.05, 0) is 42.5 Å². The molecular weight excluding hydrogens is 418 g/mol. The van der Waals surface area contributed by atoms with E-state index in [0.717, 1.165) is 41.9 Å². The minimum Gasteiger partial charge on any atom is -0.497 e. The number of aromatic nitrogens is 1. The lowest BCUT2D eigenvalue weighted by atomic mass is 10.0. The molecule has 0 aliphatic carbocycles. The summed E-state index contributed by atoms with van der Waals surface area (Å²) in [6, 6.07) is 12.3. The Kier molecular flexibility index (Phi) is 6.65. The second-order valence-electron chi connectivity index (χ2n) is 7.58. The number of rotatable bonds is 8. The highest BCUT2D eigenvalue weighted by molar-refractivity contribution is 6.30. The van der Waals surface area contributed by atoms with E-state index in [4.69, 9.17) is 21.1 Å². The fourth-order valence-electron chi connectivity index (χ4n) is 4.03. The summed E-state index contributed by atoms with van der Waals surface area (Å²) in [5.41, 5.74) is 1.67. The Morgan fingerprint density at radius 2 is 1.84 bits per heavy atom. The van der Waals surface area contributed by atoms with Gasteiger partial charge in [-0.15, -0.1) is 0 Å². The highest BCUT2D eigenvalue weighted by atomic mass is 35.5. The van der Waals surface area contributed by atoms with E-state index in [-0.39, 0.29) is 0 Å². The van der Waals surface area contributed by atoms with Crippen LogP contribution in [0.25, 0.3) is 10.9 Å². The number of nitrogens with zero attached hydrogens (tertiary/aromatic N) is 2. The maximum atomic E-state index is 12.2. The van der Waals surface area contributed by atoms with Crippen LogP contribution in [0.3, 0.4) is 0 Å². The highest BCUT2D eigenvalue weighted by Gasteiger charge is 2.32. The zero-order valence-corrected chi connectivity index (χ0v) is 18.1.